The summed E-state index contributed by atoms with van der Waals surface area (Å²) in [5.41, 5.74) is 4.87. The minimum Gasteiger partial charge on any atom is -0.447 e. The first kappa shape index (κ1) is 12.4. The fourth-order valence-corrected chi connectivity index (χ4v) is 2.02. The van der Waals surface area contributed by atoms with E-state index in [9.17, 15) is 4.79 Å². The number of primary amides is 1. The fourth-order valence-electron chi connectivity index (χ4n) is 1.04. The van der Waals surface area contributed by atoms with Crippen molar-refractivity contribution >= 4 is 15.9 Å². The zero-order valence-electron chi connectivity index (χ0n) is 8.41. The van der Waals surface area contributed by atoms with Crippen LogP contribution in [0.5, 0.6) is 0 Å². The highest BCUT2D eigenvalue weighted by atomic mass is 28.2. The molecule has 0 radical (unpaired) electrons. The number of amides is 1. The van der Waals surface area contributed by atoms with E-state index in [1.165, 1.54) is 0 Å². The highest BCUT2D eigenvalue weighted by Gasteiger charge is 2.04. The van der Waals surface area contributed by atoms with Crippen LogP contribution in [0.2, 0.25) is 6.04 Å². The van der Waals surface area contributed by atoms with Gasteiger partial charge in [0.15, 0.2) is 9.76 Å². The Labute approximate surface area is 81.7 Å². The molecule has 0 aliphatic rings. The molecule has 1 amide bonds. The molecule has 0 aromatic carbocycles. The third-order valence-corrected chi connectivity index (χ3v) is 3.16. The summed E-state index contributed by atoms with van der Waals surface area (Å²) in [5.74, 6) is 0. The van der Waals surface area contributed by atoms with E-state index in [1.807, 2.05) is 13.8 Å². The summed E-state index contributed by atoms with van der Waals surface area (Å²) in [4.78, 5) is 10.3. The normalized spacial score (nSPS) is 13.4. The molecule has 0 fully saturated rings. The summed E-state index contributed by atoms with van der Waals surface area (Å²) in [7, 11) is -0.330. The summed E-state index contributed by atoms with van der Waals surface area (Å²) in [5, 5.41) is 0. The van der Waals surface area contributed by atoms with E-state index >= 15 is 0 Å². The molecule has 1 atom stereocenters. The van der Waals surface area contributed by atoms with Gasteiger partial charge in [-0.1, -0.05) is 6.42 Å². The van der Waals surface area contributed by atoms with Crippen LogP contribution in [0.4, 0.5) is 4.79 Å². The zero-order valence-corrected chi connectivity index (χ0v) is 9.83. The van der Waals surface area contributed by atoms with Gasteiger partial charge in [-0.25, -0.2) is 4.79 Å². The number of hydrogen-bond acceptors (Lipinski definition) is 3. The fraction of sp³-hybridized carbons (Fsp3) is 0.875. The molecule has 4 nitrogen and oxygen atoms in total. The maximum absolute atomic E-state index is 10.3. The van der Waals surface area contributed by atoms with Crippen molar-refractivity contribution in [1.82, 2.24) is 0 Å². The Morgan fingerprint density at radius 1 is 1.62 bits per heavy atom. The number of carbonyl (C=O) groups excluding carboxylic acids is 1. The summed E-state index contributed by atoms with van der Waals surface area (Å²) in [6.07, 6.45) is 1.19. The van der Waals surface area contributed by atoms with Crippen molar-refractivity contribution in [2.24, 2.45) is 5.73 Å². The monoisotopic (exact) mass is 205 g/mol. The summed E-state index contributed by atoms with van der Waals surface area (Å²) >= 11 is 0. The third kappa shape index (κ3) is 9.36. The molecule has 13 heavy (non-hydrogen) atoms. The molecule has 0 aromatic heterocycles. The van der Waals surface area contributed by atoms with Gasteiger partial charge in [-0.05, 0) is 26.3 Å². The largest absolute Gasteiger partial charge is 0.447 e. The van der Waals surface area contributed by atoms with Crippen LogP contribution in [-0.4, -0.2) is 28.6 Å². The highest BCUT2D eigenvalue weighted by molar-refractivity contribution is 6.26. The maximum Gasteiger partial charge on any atom is 0.404 e. The lowest BCUT2D eigenvalue weighted by molar-refractivity contribution is 0.111. The van der Waals surface area contributed by atoms with Crippen LogP contribution in [-0.2, 0) is 9.16 Å². The van der Waals surface area contributed by atoms with Crippen molar-refractivity contribution in [3.8, 4) is 0 Å². The van der Waals surface area contributed by atoms with Crippen molar-refractivity contribution in [2.45, 2.75) is 38.8 Å². The first-order valence-corrected chi connectivity index (χ1v) is 6.28. The minimum absolute atomic E-state index is 0.0619. The van der Waals surface area contributed by atoms with Gasteiger partial charge in [0.05, 0.1) is 0 Å². The van der Waals surface area contributed by atoms with E-state index in [0.717, 1.165) is 25.5 Å². The first-order valence-electron chi connectivity index (χ1n) is 4.70. The molecule has 0 bridgehead atoms. The van der Waals surface area contributed by atoms with Crippen LogP contribution in [0.25, 0.3) is 0 Å². The Bertz CT molecular complexity index is 143. The summed E-state index contributed by atoms with van der Waals surface area (Å²) in [6, 6.07) is 1.14. The van der Waals surface area contributed by atoms with Crippen LogP contribution in [0.1, 0.15) is 26.7 Å². The van der Waals surface area contributed by atoms with E-state index < -0.39 is 6.09 Å². The van der Waals surface area contributed by atoms with E-state index in [1.54, 1.807) is 0 Å². The van der Waals surface area contributed by atoms with Crippen molar-refractivity contribution in [3.63, 3.8) is 0 Å². The molecule has 0 heterocycles. The van der Waals surface area contributed by atoms with Crippen LogP contribution in [0, 0.1) is 0 Å². The molecule has 0 aliphatic heterocycles. The van der Waals surface area contributed by atoms with Crippen molar-refractivity contribution in [3.05, 3.63) is 0 Å². The second-order valence-corrected chi connectivity index (χ2v) is 4.46. The predicted octanol–water partition coefficient (Wildman–Crippen LogP) is 0.789. The average Bonchev–Trinajstić information content (AvgIpc) is 2.02. The standard InChI is InChI=1S/C8H19NO3Si/c1-3-11-13-6-4-5-7(2)12-8(9)10/h7H,3-6,13H2,1-2H3,(H2,9,10). The molecule has 0 saturated carbocycles. The number of hydrogen-bond donors (Lipinski definition) is 1. The maximum atomic E-state index is 10.3. The van der Waals surface area contributed by atoms with Crippen molar-refractivity contribution in [2.75, 3.05) is 6.61 Å². The Morgan fingerprint density at radius 3 is 2.85 bits per heavy atom. The number of nitrogens with two attached hydrogens (primary N) is 1. The van der Waals surface area contributed by atoms with Gasteiger partial charge in [-0.2, -0.15) is 0 Å². The lowest BCUT2D eigenvalue weighted by Crippen LogP contribution is -2.20. The molecule has 0 aliphatic carbocycles. The molecule has 78 valence electrons. The molecule has 0 saturated heterocycles. The van der Waals surface area contributed by atoms with Gasteiger partial charge < -0.3 is 14.9 Å². The van der Waals surface area contributed by atoms with Crippen molar-refractivity contribution < 1.29 is 14.0 Å². The lowest BCUT2D eigenvalue weighted by atomic mass is 10.2. The van der Waals surface area contributed by atoms with Gasteiger partial charge >= 0.3 is 6.09 Å². The van der Waals surface area contributed by atoms with E-state index in [2.05, 4.69) is 0 Å². The second-order valence-electron chi connectivity index (χ2n) is 2.94. The van der Waals surface area contributed by atoms with Gasteiger partial charge in [0.2, 0.25) is 0 Å². The SMILES string of the molecule is CCO[SiH2]CCCC(C)OC(N)=O. The number of ether oxygens (including phenoxy) is 1. The van der Waals surface area contributed by atoms with Crippen LogP contribution in [0.15, 0.2) is 0 Å². The molecule has 5 heteroatoms. The molecular weight excluding hydrogens is 186 g/mol. The Kier molecular flexibility index (Phi) is 7.72. The average molecular weight is 205 g/mol. The molecule has 2 N–H and O–H groups in total. The number of carbonyl (C=O) groups is 1. The summed E-state index contributed by atoms with van der Waals surface area (Å²) < 4.78 is 10.1. The van der Waals surface area contributed by atoms with E-state index in [4.69, 9.17) is 14.9 Å². The molecular formula is C8H19NO3Si. The lowest BCUT2D eigenvalue weighted by Gasteiger charge is -2.10. The van der Waals surface area contributed by atoms with Crippen LogP contribution < -0.4 is 5.73 Å². The second kappa shape index (κ2) is 8.06. The predicted molar refractivity (Wildman–Crippen MR) is 54.3 cm³/mol. The Morgan fingerprint density at radius 2 is 2.31 bits per heavy atom. The number of rotatable bonds is 7. The zero-order chi connectivity index (χ0) is 10.1. The van der Waals surface area contributed by atoms with Crippen LogP contribution >= 0.6 is 0 Å². The van der Waals surface area contributed by atoms with Gasteiger partial charge in [0.25, 0.3) is 0 Å². The van der Waals surface area contributed by atoms with Crippen LogP contribution in [0.3, 0.4) is 0 Å². The Hall–Kier alpha value is -0.553. The molecule has 0 aromatic rings. The minimum atomic E-state index is -0.686. The van der Waals surface area contributed by atoms with E-state index in [0.29, 0.717) is 0 Å². The van der Waals surface area contributed by atoms with E-state index in [-0.39, 0.29) is 15.9 Å². The van der Waals surface area contributed by atoms with Gasteiger partial charge in [-0.3, -0.25) is 0 Å². The molecule has 0 rings (SSSR count). The van der Waals surface area contributed by atoms with Gasteiger partial charge in [0.1, 0.15) is 6.10 Å². The topological polar surface area (TPSA) is 61.6 Å². The Balaban J connectivity index is 3.17. The van der Waals surface area contributed by atoms with Gasteiger partial charge in [0, 0.05) is 6.61 Å². The quantitative estimate of drug-likeness (QED) is 0.494. The summed E-state index contributed by atoms with van der Waals surface area (Å²) in [6.45, 7) is 4.68. The van der Waals surface area contributed by atoms with Crippen molar-refractivity contribution in [1.29, 1.82) is 0 Å². The third-order valence-electron chi connectivity index (χ3n) is 1.67. The first-order chi connectivity index (χ1) is 6.16. The molecule has 1 unspecified atom stereocenters. The molecule has 0 spiro atoms. The smallest absolute Gasteiger partial charge is 0.404 e. The highest BCUT2D eigenvalue weighted by Crippen LogP contribution is 2.04. The van der Waals surface area contributed by atoms with Gasteiger partial charge in [-0.15, -0.1) is 0 Å².